The maximum absolute atomic E-state index is 12.5. The first-order chi connectivity index (χ1) is 10.2. The quantitative estimate of drug-likeness (QED) is 0.800. The number of hydrogen-bond donors (Lipinski definition) is 0. The molecule has 0 unspecified atom stereocenters. The molecule has 1 aliphatic heterocycles. The molecule has 22 heavy (non-hydrogen) atoms. The first kappa shape index (κ1) is 17.3. The lowest BCUT2D eigenvalue weighted by molar-refractivity contribution is 0.348. The van der Waals surface area contributed by atoms with Crippen LogP contribution < -0.4 is 0 Å². The molecule has 2 heterocycles. The van der Waals surface area contributed by atoms with Gasteiger partial charge in [-0.1, -0.05) is 0 Å². The molecule has 0 bridgehead atoms. The smallest absolute Gasteiger partial charge is 0.282 e. The number of aryl methyl sites for hydroxylation is 1. The lowest BCUT2D eigenvalue weighted by Crippen LogP contribution is -2.40. The molecule has 2 rings (SSSR count). The van der Waals surface area contributed by atoms with E-state index in [1.807, 2.05) is 32.1 Å². The van der Waals surface area contributed by atoms with Crippen LogP contribution in [0.2, 0.25) is 0 Å². The molecule has 0 amide bonds. The van der Waals surface area contributed by atoms with Crippen molar-refractivity contribution in [3.8, 4) is 0 Å². The predicted octanol–water partition coefficient (Wildman–Crippen LogP) is 0.790. The molecule has 1 saturated heterocycles. The van der Waals surface area contributed by atoms with E-state index in [4.69, 9.17) is 0 Å². The number of hydrogen-bond acceptors (Lipinski definition) is 5. The van der Waals surface area contributed by atoms with Gasteiger partial charge >= 0.3 is 0 Å². The molecular formula is C14H25N5O2S. The van der Waals surface area contributed by atoms with E-state index in [1.165, 1.54) is 4.31 Å². The molecule has 7 nitrogen and oxygen atoms in total. The van der Waals surface area contributed by atoms with E-state index in [-0.39, 0.29) is 6.04 Å². The van der Waals surface area contributed by atoms with Crippen LogP contribution in [0.15, 0.2) is 6.20 Å². The molecule has 1 aromatic rings. The maximum Gasteiger partial charge on any atom is 0.282 e. The highest BCUT2D eigenvalue weighted by Crippen LogP contribution is 2.35. The van der Waals surface area contributed by atoms with Crippen LogP contribution >= 0.6 is 0 Å². The van der Waals surface area contributed by atoms with Crippen molar-refractivity contribution >= 4 is 10.2 Å². The number of nitrogens with zero attached hydrogens (tertiary/aromatic N) is 5. The van der Waals surface area contributed by atoms with Gasteiger partial charge in [-0.15, -0.1) is 0 Å². The van der Waals surface area contributed by atoms with Crippen molar-refractivity contribution < 1.29 is 8.42 Å². The Bertz CT molecular complexity index is 630. The van der Waals surface area contributed by atoms with Gasteiger partial charge in [0, 0.05) is 38.9 Å². The Kier molecular flexibility index (Phi) is 5.16. The van der Waals surface area contributed by atoms with Gasteiger partial charge in [0.1, 0.15) is 5.82 Å². The third-order valence-corrected chi connectivity index (χ3v) is 5.73. The summed E-state index contributed by atoms with van der Waals surface area (Å²) < 4.78 is 27.9. The molecule has 1 atom stereocenters. The minimum atomic E-state index is -3.44. The lowest BCUT2D eigenvalue weighted by atomic mass is 10.1. The van der Waals surface area contributed by atoms with Crippen LogP contribution in [0.1, 0.15) is 36.0 Å². The number of rotatable bonds is 5. The van der Waals surface area contributed by atoms with Crippen molar-refractivity contribution in [3.63, 3.8) is 0 Å². The second kappa shape index (κ2) is 6.57. The van der Waals surface area contributed by atoms with Crippen LogP contribution in [0.3, 0.4) is 0 Å². The summed E-state index contributed by atoms with van der Waals surface area (Å²) in [5.74, 6) is 0.673. The Morgan fingerprint density at radius 1 is 1.32 bits per heavy atom. The summed E-state index contributed by atoms with van der Waals surface area (Å²) in [5.41, 5.74) is 1.82. The topological polar surface area (TPSA) is 69.6 Å². The van der Waals surface area contributed by atoms with Crippen LogP contribution in [-0.2, 0) is 16.8 Å². The summed E-state index contributed by atoms with van der Waals surface area (Å²) in [5, 5.41) is 0. The fourth-order valence-corrected chi connectivity index (χ4v) is 4.07. The summed E-state index contributed by atoms with van der Waals surface area (Å²) >= 11 is 0. The van der Waals surface area contributed by atoms with Gasteiger partial charge in [0.2, 0.25) is 0 Å². The summed E-state index contributed by atoms with van der Waals surface area (Å²) in [4.78, 5) is 10.9. The standard InChI is InChI=1S/C14H25N5O2S/c1-11-15-9-12(10-17(2)3)14(16-11)13-7-6-8-19(13)22(20,21)18(4)5/h9,13H,6-8,10H2,1-5H3/t13-/m1/s1. The Balaban J connectivity index is 2.43. The molecule has 8 heteroatoms. The van der Waals surface area contributed by atoms with Gasteiger partial charge in [-0.25, -0.2) is 9.97 Å². The molecule has 124 valence electrons. The average molecular weight is 327 g/mol. The van der Waals surface area contributed by atoms with Crippen molar-refractivity contribution in [3.05, 3.63) is 23.3 Å². The van der Waals surface area contributed by atoms with Gasteiger partial charge in [0.25, 0.3) is 10.2 Å². The van der Waals surface area contributed by atoms with Crippen LogP contribution in [0.25, 0.3) is 0 Å². The Hall–Kier alpha value is -1.09. The number of aromatic nitrogens is 2. The summed E-state index contributed by atoms with van der Waals surface area (Å²) in [6.07, 6.45) is 3.46. The van der Waals surface area contributed by atoms with E-state index in [2.05, 4.69) is 9.97 Å². The highest BCUT2D eigenvalue weighted by atomic mass is 32.2. The average Bonchev–Trinajstić information content (AvgIpc) is 2.89. The zero-order chi connectivity index (χ0) is 16.5. The first-order valence-corrected chi connectivity index (χ1v) is 8.79. The van der Waals surface area contributed by atoms with Crippen molar-refractivity contribution in [1.29, 1.82) is 0 Å². The van der Waals surface area contributed by atoms with Gasteiger partial charge in [-0.3, -0.25) is 0 Å². The van der Waals surface area contributed by atoms with Crippen molar-refractivity contribution in [2.75, 3.05) is 34.7 Å². The third-order valence-electron chi connectivity index (χ3n) is 3.78. The van der Waals surface area contributed by atoms with Crippen LogP contribution in [0.4, 0.5) is 0 Å². The van der Waals surface area contributed by atoms with E-state index in [9.17, 15) is 8.42 Å². The maximum atomic E-state index is 12.5. The molecule has 1 aromatic heterocycles. The van der Waals surface area contributed by atoms with Gasteiger partial charge < -0.3 is 4.90 Å². The molecule has 0 spiro atoms. The van der Waals surface area contributed by atoms with Crippen molar-refractivity contribution in [2.45, 2.75) is 32.4 Å². The molecular weight excluding hydrogens is 302 g/mol. The van der Waals surface area contributed by atoms with Crippen LogP contribution in [-0.4, -0.2) is 66.6 Å². The molecule has 0 N–H and O–H groups in total. The minimum absolute atomic E-state index is 0.205. The van der Waals surface area contributed by atoms with E-state index in [0.29, 0.717) is 18.9 Å². The van der Waals surface area contributed by atoms with E-state index < -0.39 is 10.2 Å². The summed E-state index contributed by atoms with van der Waals surface area (Å²) in [6, 6.07) is -0.205. The molecule has 0 aromatic carbocycles. The predicted molar refractivity (Wildman–Crippen MR) is 85.4 cm³/mol. The van der Waals surface area contributed by atoms with Crippen LogP contribution in [0, 0.1) is 6.92 Å². The largest absolute Gasteiger partial charge is 0.305 e. The van der Waals surface area contributed by atoms with Gasteiger partial charge in [0.15, 0.2) is 0 Å². The van der Waals surface area contributed by atoms with Gasteiger partial charge in [-0.05, 0) is 33.9 Å². The SMILES string of the molecule is Cc1ncc(CN(C)C)c([C@H]2CCCN2S(=O)(=O)N(C)C)n1. The Labute approximate surface area is 133 Å². The van der Waals surface area contributed by atoms with Gasteiger partial charge in [-0.2, -0.15) is 17.0 Å². The van der Waals surface area contributed by atoms with E-state index in [0.717, 1.165) is 24.1 Å². The van der Waals surface area contributed by atoms with Gasteiger partial charge in [0.05, 0.1) is 11.7 Å². The first-order valence-electron chi connectivity index (χ1n) is 7.40. The normalized spacial score (nSPS) is 20.2. The fraction of sp³-hybridized carbons (Fsp3) is 0.714. The lowest BCUT2D eigenvalue weighted by Gasteiger charge is -2.28. The summed E-state index contributed by atoms with van der Waals surface area (Å²) in [6.45, 7) is 3.07. The highest BCUT2D eigenvalue weighted by molar-refractivity contribution is 7.86. The molecule has 1 aliphatic rings. The molecule has 0 aliphatic carbocycles. The minimum Gasteiger partial charge on any atom is -0.305 e. The van der Waals surface area contributed by atoms with Crippen LogP contribution in [0.5, 0.6) is 0 Å². The van der Waals surface area contributed by atoms with E-state index in [1.54, 1.807) is 18.4 Å². The third kappa shape index (κ3) is 3.45. The Morgan fingerprint density at radius 3 is 2.59 bits per heavy atom. The van der Waals surface area contributed by atoms with E-state index >= 15 is 0 Å². The Morgan fingerprint density at radius 2 is 2.00 bits per heavy atom. The summed E-state index contributed by atoms with van der Waals surface area (Å²) in [7, 11) is 3.65. The molecule has 1 fully saturated rings. The van der Waals surface area contributed by atoms with Crippen molar-refractivity contribution in [2.24, 2.45) is 0 Å². The molecule has 0 saturated carbocycles. The fourth-order valence-electron chi connectivity index (χ4n) is 2.76. The second-order valence-corrected chi connectivity index (χ2v) is 8.22. The molecule has 0 radical (unpaired) electrons. The zero-order valence-electron chi connectivity index (χ0n) is 13.9. The second-order valence-electron chi connectivity index (χ2n) is 6.12. The zero-order valence-corrected chi connectivity index (χ0v) is 14.8. The monoisotopic (exact) mass is 327 g/mol. The highest BCUT2D eigenvalue weighted by Gasteiger charge is 2.38. The van der Waals surface area contributed by atoms with Crippen molar-refractivity contribution in [1.82, 2.24) is 23.5 Å².